The molecule has 1 aromatic heterocycles. The molecular formula is C8H15N3O. The molecule has 0 saturated heterocycles. The van der Waals surface area contributed by atoms with Gasteiger partial charge in [-0.25, -0.2) is 4.98 Å². The molecular weight excluding hydrogens is 154 g/mol. The van der Waals surface area contributed by atoms with Crippen molar-refractivity contribution in [2.45, 2.75) is 6.04 Å². The van der Waals surface area contributed by atoms with Crippen LogP contribution in [0.5, 0.6) is 0 Å². The van der Waals surface area contributed by atoms with Crippen LogP contribution in [0.1, 0.15) is 11.7 Å². The predicted molar refractivity (Wildman–Crippen MR) is 46.9 cm³/mol. The first kappa shape index (κ1) is 9.22. The third kappa shape index (κ3) is 1.84. The van der Waals surface area contributed by atoms with Crippen LogP contribution in [0.3, 0.4) is 0 Å². The maximum absolute atomic E-state index is 5.07. The molecule has 0 radical (unpaired) electrons. The van der Waals surface area contributed by atoms with Gasteiger partial charge in [0, 0.05) is 20.4 Å². The summed E-state index contributed by atoms with van der Waals surface area (Å²) in [5.41, 5.74) is 1.14. The molecule has 1 unspecified atom stereocenters. The summed E-state index contributed by atoms with van der Waals surface area (Å²) >= 11 is 0. The summed E-state index contributed by atoms with van der Waals surface area (Å²) in [5, 5.41) is 3.16. The number of ether oxygens (including phenoxy) is 1. The van der Waals surface area contributed by atoms with E-state index in [0.29, 0.717) is 6.61 Å². The van der Waals surface area contributed by atoms with Gasteiger partial charge in [0.15, 0.2) is 0 Å². The first-order chi connectivity index (χ1) is 5.79. The summed E-state index contributed by atoms with van der Waals surface area (Å²) in [5.74, 6) is 0. The molecule has 12 heavy (non-hydrogen) atoms. The highest BCUT2D eigenvalue weighted by Crippen LogP contribution is 2.10. The minimum atomic E-state index is 0.225. The summed E-state index contributed by atoms with van der Waals surface area (Å²) in [4.78, 5) is 4.04. The highest BCUT2D eigenvalue weighted by atomic mass is 16.5. The monoisotopic (exact) mass is 169 g/mol. The fourth-order valence-corrected chi connectivity index (χ4v) is 1.19. The van der Waals surface area contributed by atoms with Crippen molar-refractivity contribution in [1.82, 2.24) is 14.9 Å². The molecule has 1 heterocycles. The Morgan fingerprint density at radius 2 is 2.50 bits per heavy atom. The van der Waals surface area contributed by atoms with E-state index >= 15 is 0 Å². The van der Waals surface area contributed by atoms with Crippen molar-refractivity contribution in [2.75, 3.05) is 20.8 Å². The summed E-state index contributed by atoms with van der Waals surface area (Å²) in [6.07, 6.45) is 3.63. The zero-order valence-corrected chi connectivity index (χ0v) is 7.74. The Hall–Kier alpha value is -0.870. The first-order valence-electron chi connectivity index (χ1n) is 3.92. The molecule has 1 N–H and O–H groups in total. The number of hydrogen-bond donors (Lipinski definition) is 1. The number of rotatable bonds is 4. The van der Waals surface area contributed by atoms with Crippen LogP contribution in [-0.4, -0.2) is 30.3 Å². The molecule has 0 aliphatic rings. The molecule has 4 nitrogen and oxygen atoms in total. The highest BCUT2D eigenvalue weighted by molar-refractivity contribution is 5.04. The van der Waals surface area contributed by atoms with Gasteiger partial charge in [0.05, 0.1) is 24.7 Å². The number of aryl methyl sites for hydroxylation is 1. The van der Waals surface area contributed by atoms with Gasteiger partial charge in [0.25, 0.3) is 0 Å². The van der Waals surface area contributed by atoms with Gasteiger partial charge in [-0.3, -0.25) is 0 Å². The van der Waals surface area contributed by atoms with Crippen molar-refractivity contribution < 1.29 is 4.74 Å². The zero-order chi connectivity index (χ0) is 8.97. The van der Waals surface area contributed by atoms with E-state index in [1.807, 2.05) is 24.9 Å². The van der Waals surface area contributed by atoms with Crippen LogP contribution in [0, 0.1) is 0 Å². The molecule has 0 fully saturated rings. The lowest BCUT2D eigenvalue weighted by atomic mass is 10.2. The van der Waals surface area contributed by atoms with Crippen LogP contribution in [0.15, 0.2) is 12.5 Å². The number of methoxy groups -OCH3 is 1. The Kier molecular flexibility index (Phi) is 3.25. The predicted octanol–water partition coefficient (Wildman–Crippen LogP) is 0.327. The van der Waals surface area contributed by atoms with Gasteiger partial charge in [-0.2, -0.15) is 0 Å². The Balaban J connectivity index is 2.72. The summed E-state index contributed by atoms with van der Waals surface area (Å²) in [6, 6.07) is 0.225. The summed E-state index contributed by atoms with van der Waals surface area (Å²) in [6.45, 7) is 0.663. The fraction of sp³-hybridized carbons (Fsp3) is 0.625. The SMILES string of the molecule is CNC(COC)c1cncn1C. The molecule has 0 aliphatic carbocycles. The first-order valence-corrected chi connectivity index (χ1v) is 3.92. The van der Waals surface area contributed by atoms with Crippen molar-refractivity contribution in [3.63, 3.8) is 0 Å². The van der Waals surface area contributed by atoms with E-state index < -0.39 is 0 Å². The highest BCUT2D eigenvalue weighted by Gasteiger charge is 2.11. The normalized spacial score (nSPS) is 13.2. The smallest absolute Gasteiger partial charge is 0.0946 e. The molecule has 4 heteroatoms. The van der Waals surface area contributed by atoms with Gasteiger partial charge >= 0.3 is 0 Å². The standard InChI is InChI=1S/C8H15N3O/c1-9-7(5-12-3)8-4-10-6-11(8)2/h4,6-7,9H,5H2,1-3H3. The second kappa shape index (κ2) is 4.23. The lowest BCUT2D eigenvalue weighted by molar-refractivity contribution is 0.167. The Bertz CT molecular complexity index is 234. The quantitative estimate of drug-likeness (QED) is 0.706. The Morgan fingerprint density at radius 1 is 1.75 bits per heavy atom. The lowest BCUT2D eigenvalue weighted by Gasteiger charge is -2.14. The molecule has 0 aliphatic heterocycles. The average molecular weight is 169 g/mol. The van der Waals surface area contributed by atoms with Crippen molar-refractivity contribution in [2.24, 2.45) is 7.05 Å². The van der Waals surface area contributed by atoms with E-state index in [9.17, 15) is 0 Å². The van der Waals surface area contributed by atoms with Crippen LogP contribution in [0.25, 0.3) is 0 Å². The molecule has 0 saturated carbocycles. The molecule has 68 valence electrons. The van der Waals surface area contributed by atoms with Crippen molar-refractivity contribution >= 4 is 0 Å². The van der Waals surface area contributed by atoms with Crippen LogP contribution in [-0.2, 0) is 11.8 Å². The van der Waals surface area contributed by atoms with Gasteiger partial charge in [-0.05, 0) is 7.05 Å². The van der Waals surface area contributed by atoms with Gasteiger partial charge in [0.1, 0.15) is 0 Å². The van der Waals surface area contributed by atoms with Crippen molar-refractivity contribution in [3.05, 3.63) is 18.2 Å². The number of imidazole rings is 1. The molecule has 0 amide bonds. The average Bonchev–Trinajstić information content (AvgIpc) is 2.47. The topological polar surface area (TPSA) is 39.1 Å². The Morgan fingerprint density at radius 3 is 2.92 bits per heavy atom. The summed E-state index contributed by atoms with van der Waals surface area (Å²) < 4.78 is 7.06. The van der Waals surface area contributed by atoms with Crippen molar-refractivity contribution in [1.29, 1.82) is 0 Å². The van der Waals surface area contributed by atoms with Crippen molar-refractivity contribution in [3.8, 4) is 0 Å². The molecule has 1 aromatic rings. The largest absolute Gasteiger partial charge is 0.383 e. The van der Waals surface area contributed by atoms with E-state index in [0.717, 1.165) is 5.69 Å². The van der Waals surface area contributed by atoms with Crippen LogP contribution >= 0.6 is 0 Å². The molecule has 1 rings (SSSR count). The van der Waals surface area contributed by atoms with Gasteiger partial charge < -0.3 is 14.6 Å². The van der Waals surface area contributed by atoms with E-state index in [1.54, 1.807) is 13.4 Å². The lowest BCUT2D eigenvalue weighted by Crippen LogP contribution is -2.23. The van der Waals surface area contributed by atoms with E-state index in [1.165, 1.54) is 0 Å². The Labute approximate surface area is 72.6 Å². The minimum Gasteiger partial charge on any atom is -0.383 e. The second-order valence-corrected chi connectivity index (χ2v) is 2.73. The molecule has 1 atom stereocenters. The summed E-state index contributed by atoms with van der Waals surface area (Å²) in [7, 11) is 5.58. The second-order valence-electron chi connectivity index (χ2n) is 2.73. The fourth-order valence-electron chi connectivity index (χ4n) is 1.19. The van der Waals surface area contributed by atoms with Gasteiger partial charge in [-0.1, -0.05) is 0 Å². The number of nitrogens with one attached hydrogen (secondary N) is 1. The zero-order valence-electron chi connectivity index (χ0n) is 7.74. The maximum Gasteiger partial charge on any atom is 0.0946 e. The van der Waals surface area contributed by atoms with Gasteiger partial charge in [0.2, 0.25) is 0 Å². The van der Waals surface area contributed by atoms with Crippen LogP contribution in [0.2, 0.25) is 0 Å². The van der Waals surface area contributed by atoms with E-state index in [4.69, 9.17) is 4.74 Å². The van der Waals surface area contributed by atoms with E-state index in [2.05, 4.69) is 10.3 Å². The number of aromatic nitrogens is 2. The molecule has 0 bridgehead atoms. The number of likely N-dealkylation sites (N-methyl/N-ethyl adjacent to an activating group) is 1. The van der Waals surface area contributed by atoms with Crippen LogP contribution < -0.4 is 5.32 Å². The van der Waals surface area contributed by atoms with Crippen LogP contribution in [0.4, 0.5) is 0 Å². The van der Waals surface area contributed by atoms with E-state index in [-0.39, 0.29) is 6.04 Å². The number of hydrogen-bond acceptors (Lipinski definition) is 3. The molecule has 0 spiro atoms. The maximum atomic E-state index is 5.07. The third-order valence-electron chi connectivity index (χ3n) is 1.89. The number of nitrogens with zero attached hydrogens (tertiary/aromatic N) is 2. The molecule has 0 aromatic carbocycles. The van der Waals surface area contributed by atoms with Gasteiger partial charge in [-0.15, -0.1) is 0 Å². The third-order valence-corrected chi connectivity index (χ3v) is 1.89. The minimum absolute atomic E-state index is 0.225.